The van der Waals surface area contributed by atoms with E-state index >= 15 is 0 Å². The largest absolute Gasteiger partial charge is 0.352 e. The molecular formula is C14H18N6O2S. The first-order valence-electron chi connectivity index (χ1n) is 7.73. The van der Waals surface area contributed by atoms with Gasteiger partial charge < -0.3 is 9.88 Å². The molecule has 1 fully saturated rings. The average Bonchev–Trinajstić information content (AvgIpc) is 3.26. The van der Waals surface area contributed by atoms with Crippen molar-refractivity contribution in [3.63, 3.8) is 0 Å². The first kappa shape index (κ1) is 14.6. The number of H-pyrrole nitrogens is 1. The van der Waals surface area contributed by atoms with E-state index in [9.17, 15) is 8.42 Å². The second-order valence-corrected chi connectivity index (χ2v) is 7.74. The number of fused-ring (bicyclic) bond motifs is 1. The van der Waals surface area contributed by atoms with Crippen LogP contribution in [-0.4, -0.2) is 59.1 Å². The molecular weight excluding hydrogens is 316 g/mol. The Bertz CT molecular complexity index is 797. The number of hydrogen-bond donors (Lipinski definition) is 1. The van der Waals surface area contributed by atoms with Crippen LogP contribution in [0.4, 0.5) is 5.82 Å². The van der Waals surface area contributed by atoms with Crippen molar-refractivity contribution < 1.29 is 8.42 Å². The molecule has 0 unspecified atom stereocenters. The molecule has 0 atom stereocenters. The van der Waals surface area contributed by atoms with E-state index in [1.165, 1.54) is 22.4 Å². The molecule has 122 valence electrons. The lowest BCUT2D eigenvalue weighted by atomic mass is 10.2. The fraction of sp³-hybridized carbons (Fsp3) is 0.500. The lowest BCUT2D eigenvalue weighted by molar-refractivity contribution is 0.382. The van der Waals surface area contributed by atoms with Gasteiger partial charge in [-0.1, -0.05) is 0 Å². The Morgan fingerprint density at radius 2 is 1.91 bits per heavy atom. The van der Waals surface area contributed by atoms with Crippen molar-refractivity contribution >= 4 is 15.8 Å². The molecule has 1 N–H and O–H groups in total. The molecule has 0 radical (unpaired) electrons. The van der Waals surface area contributed by atoms with Gasteiger partial charge in [0, 0.05) is 26.2 Å². The van der Waals surface area contributed by atoms with Gasteiger partial charge in [0.25, 0.3) is 10.0 Å². The van der Waals surface area contributed by atoms with Crippen molar-refractivity contribution in [2.45, 2.75) is 24.3 Å². The number of anilines is 1. The lowest BCUT2D eigenvalue weighted by Crippen LogP contribution is -2.49. The maximum atomic E-state index is 12.5. The van der Waals surface area contributed by atoms with Crippen molar-refractivity contribution in [1.82, 2.24) is 24.5 Å². The highest BCUT2D eigenvalue weighted by molar-refractivity contribution is 7.89. The van der Waals surface area contributed by atoms with Crippen LogP contribution in [0, 0.1) is 0 Å². The Morgan fingerprint density at radius 3 is 2.65 bits per heavy atom. The van der Waals surface area contributed by atoms with E-state index in [-0.39, 0.29) is 5.03 Å². The van der Waals surface area contributed by atoms with Crippen molar-refractivity contribution in [3.8, 4) is 0 Å². The molecule has 3 heterocycles. The van der Waals surface area contributed by atoms with Crippen LogP contribution < -0.4 is 4.90 Å². The SMILES string of the molecule is O=S(=O)(c1cnc[nH]1)N1CCN(c2cc3c(nn2)CCC3)CC1. The molecule has 9 heteroatoms. The number of imidazole rings is 1. The van der Waals surface area contributed by atoms with E-state index in [2.05, 4.69) is 31.1 Å². The summed E-state index contributed by atoms with van der Waals surface area (Å²) in [5.74, 6) is 0.851. The predicted molar refractivity (Wildman–Crippen MR) is 83.6 cm³/mol. The number of aromatic nitrogens is 4. The van der Waals surface area contributed by atoms with Gasteiger partial charge in [-0.2, -0.15) is 9.40 Å². The van der Waals surface area contributed by atoms with Crippen LogP contribution in [0.25, 0.3) is 0 Å². The van der Waals surface area contributed by atoms with Crippen LogP contribution >= 0.6 is 0 Å². The van der Waals surface area contributed by atoms with Crippen LogP contribution in [-0.2, 0) is 22.9 Å². The minimum Gasteiger partial charge on any atom is -0.352 e. The number of aryl methyl sites for hydroxylation is 2. The number of piperazine rings is 1. The van der Waals surface area contributed by atoms with Gasteiger partial charge in [0.2, 0.25) is 0 Å². The minimum absolute atomic E-state index is 0.142. The molecule has 0 saturated carbocycles. The zero-order valence-corrected chi connectivity index (χ0v) is 13.5. The molecule has 2 aromatic rings. The number of rotatable bonds is 3. The summed E-state index contributed by atoms with van der Waals surface area (Å²) in [5.41, 5.74) is 2.39. The molecule has 1 aliphatic carbocycles. The zero-order valence-electron chi connectivity index (χ0n) is 12.6. The first-order valence-corrected chi connectivity index (χ1v) is 9.17. The van der Waals surface area contributed by atoms with Gasteiger partial charge in [-0.05, 0) is 30.9 Å². The van der Waals surface area contributed by atoms with Gasteiger partial charge in [-0.3, -0.25) is 0 Å². The van der Waals surface area contributed by atoms with Gasteiger partial charge in [0.05, 0.1) is 18.2 Å². The third-order valence-corrected chi connectivity index (χ3v) is 6.28. The van der Waals surface area contributed by atoms with E-state index in [1.54, 1.807) is 0 Å². The van der Waals surface area contributed by atoms with Crippen molar-refractivity contribution in [2.24, 2.45) is 0 Å². The van der Waals surface area contributed by atoms with Gasteiger partial charge in [-0.15, -0.1) is 5.10 Å². The van der Waals surface area contributed by atoms with Gasteiger partial charge in [0.15, 0.2) is 10.8 Å². The molecule has 23 heavy (non-hydrogen) atoms. The molecule has 8 nitrogen and oxygen atoms in total. The second kappa shape index (κ2) is 5.57. The standard InChI is InChI=1S/C14H18N6O2S/c21-23(22,14-9-15-10-16-14)20-6-4-19(5-7-20)13-8-11-2-1-3-12(11)17-18-13/h8-10H,1-7H2,(H,15,16). The molecule has 0 bridgehead atoms. The summed E-state index contributed by atoms with van der Waals surface area (Å²) in [6, 6.07) is 2.11. The average molecular weight is 334 g/mol. The van der Waals surface area contributed by atoms with Crippen LogP contribution in [0.15, 0.2) is 23.6 Å². The highest BCUT2D eigenvalue weighted by Crippen LogP contribution is 2.24. The van der Waals surface area contributed by atoms with E-state index in [4.69, 9.17) is 0 Å². The molecule has 0 amide bonds. The van der Waals surface area contributed by atoms with Crippen LogP contribution in [0.1, 0.15) is 17.7 Å². The molecule has 1 aliphatic heterocycles. The summed E-state index contributed by atoms with van der Waals surface area (Å²) in [5, 5.41) is 8.75. The molecule has 4 rings (SSSR count). The fourth-order valence-corrected chi connectivity index (χ4v) is 4.47. The third-order valence-electron chi connectivity index (χ3n) is 4.46. The quantitative estimate of drug-likeness (QED) is 0.861. The van der Waals surface area contributed by atoms with Crippen LogP contribution in [0.3, 0.4) is 0 Å². The maximum absolute atomic E-state index is 12.5. The predicted octanol–water partition coefficient (Wildman–Crippen LogP) is 0.199. The minimum atomic E-state index is -3.48. The number of nitrogens with zero attached hydrogens (tertiary/aromatic N) is 5. The van der Waals surface area contributed by atoms with E-state index in [0.29, 0.717) is 26.2 Å². The Hall–Kier alpha value is -2.00. The summed E-state index contributed by atoms with van der Waals surface area (Å²) in [7, 11) is -3.48. The Morgan fingerprint density at radius 1 is 1.09 bits per heavy atom. The third kappa shape index (κ3) is 2.59. The monoisotopic (exact) mass is 334 g/mol. The Balaban J connectivity index is 1.47. The smallest absolute Gasteiger partial charge is 0.260 e. The summed E-state index contributed by atoms with van der Waals surface area (Å²) in [6.07, 6.45) is 5.94. The molecule has 0 aromatic carbocycles. The number of aromatic amines is 1. The highest BCUT2D eigenvalue weighted by atomic mass is 32.2. The van der Waals surface area contributed by atoms with E-state index in [1.807, 2.05) is 0 Å². The lowest BCUT2D eigenvalue weighted by Gasteiger charge is -2.34. The number of sulfonamides is 1. The van der Waals surface area contributed by atoms with Gasteiger partial charge in [0.1, 0.15) is 0 Å². The van der Waals surface area contributed by atoms with Gasteiger partial charge >= 0.3 is 0 Å². The van der Waals surface area contributed by atoms with Crippen molar-refractivity contribution in [3.05, 3.63) is 29.8 Å². The molecule has 0 spiro atoms. The number of nitrogens with one attached hydrogen (secondary N) is 1. The van der Waals surface area contributed by atoms with Crippen LogP contribution in [0.2, 0.25) is 0 Å². The fourth-order valence-electron chi connectivity index (χ4n) is 3.15. The Kier molecular flexibility index (Phi) is 3.53. The van der Waals surface area contributed by atoms with E-state index < -0.39 is 10.0 Å². The summed E-state index contributed by atoms with van der Waals surface area (Å²) >= 11 is 0. The first-order chi connectivity index (χ1) is 11.1. The number of hydrogen-bond acceptors (Lipinski definition) is 6. The van der Waals surface area contributed by atoms with Gasteiger partial charge in [-0.25, -0.2) is 13.4 Å². The maximum Gasteiger partial charge on any atom is 0.260 e. The Labute approximate surface area is 134 Å². The topological polar surface area (TPSA) is 95.1 Å². The van der Waals surface area contributed by atoms with Crippen molar-refractivity contribution in [1.29, 1.82) is 0 Å². The molecule has 1 saturated heterocycles. The van der Waals surface area contributed by atoms with E-state index in [0.717, 1.165) is 30.8 Å². The summed E-state index contributed by atoms with van der Waals surface area (Å²) in [6.45, 7) is 2.09. The summed E-state index contributed by atoms with van der Waals surface area (Å²) < 4.78 is 26.4. The highest BCUT2D eigenvalue weighted by Gasteiger charge is 2.30. The van der Waals surface area contributed by atoms with Crippen molar-refractivity contribution in [2.75, 3.05) is 31.1 Å². The molecule has 2 aliphatic rings. The van der Waals surface area contributed by atoms with Crippen LogP contribution in [0.5, 0.6) is 0 Å². The summed E-state index contributed by atoms with van der Waals surface area (Å²) in [4.78, 5) is 8.56. The second-order valence-electron chi connectivity index (χ2n) is 5.84. The molecule has 2 aromatic heterocycles. The zero-order chi connectivity index (χ0) is 15.9. The normalized spacial score (nSPS) is 19.0.